The highest BCUT2D eigenvalue weighted by Gasteiger charge is 1.97. The SMILES string of the molecule is C=CCCOCCNC(C)COC. The monoisotopic (exact) mass is 187 g/mol. The fourth-order valence-corrected chi connectivity index (χ4v) is 0.955. The molecule has 0 rings (SSSR count). The molecule has 1 atom stereocenters. The van der Waals surface area contributed by atoms with Gasteiger partial charge in [0.2, 0.25) is 0 Å². The van der Waals surface area contributed by atoms with Gasteiger partial charge in [-0.2, -0.15) is 0 Å². The molecule has 0 aromatic heterocycles. The zero-order chi connectivity index (χ0) is 9.94. The zero-order valence-corrected chi connectivity index (χ0v) is 8.71. The van der Waals surface area contributed by atoms with Crippen molar-refractivity contribution in [1.82, 2.24) is 5.32 Å². The molecule has 3 nitrogen and oxygen atoms in total. The molecule has 13 heavy (non-hydrogen) atoms. The summed E-state index contributed by atoms with van der Waals surface area (Å²) in [6.07, 6.45) is 2.79. The number of nitrogens with one attached hydrogen (secondary N) is 1. The maximum absolute atomic E-state index is 5.33. The summed E-state index contributed by atoms with van der Waals surface area (Å²) in [4.78, 5) is 0. The highest BCUT2D eigenvalue weighted by Crippen LogP contribution is 1.84. The van der Waals surface area contributed by atoms with Crippen LogP contribution in [0.3, 0.4) is 0 Å². The summed E-state index contributed by atoms with van der Waals surface area (Å²) in [6, 6.07) is 0.396. The minimum atomic E-state index is 0.396. The van der Waals surface area contributed by atoms with E-state index < -0.39 is 0 Å². The van der Waals surface area contributed by atoms with Crippen LogP contribution in [0.2, 0.25) is 0 Å². The molecule has 0 heterocycles. The summed E-state index contributed by atoms with van der Waals surface area (Å²) < 4.78 is 10.3. The summed E-state index contributed by atoms with van der Waals surface area (Å²) in [5, 5.41) is 3.28. The third-order valence-corrected chi connectivity index (χ3v) is 1.62. The van der Waals surface area contributed by atoms with Gasteiger partial charge in [-0.25, -0.2) is 0 Å². The van der Waals surface area contributed by atoms with E-state index in [1.807, 2.05) is 6.08 Å². The van der Waals surface area contributed by atoms with Gasteiger partial charge in [-0.15, -0.1) is 6.58 Å². The average molecular weight is 187 g/mol. The number of ether oxygens (including phenoxy) is 2. The Hall–Kier alpha value is -0.380. The number of methoxy groups -OCH3 is 1. The summed E-state index contributed by atoms with van der Waals surface area (Å²) in [6.45, 7) is 8.85. The van der Waals surface area contributed by atoms with Crippen LogP contribution in [0, 0.1) is 0 Å². The van der Waals surface area contributed by atoms with Crippen LogP contribution in [-0.2, 0) is 9.47 Å². The standard InChI is InChI=1S/C10H21NO2/c1-4-5-7-13-8-6-11-10(2)9-12-3/h4,10-11H,1,5-9H2,2-3H3. The van der Waals surface area contributed by atoms with E-state index in [0.717, 1.165) is 32.8 Å². The van der Waals surface area contributed by atoms with Gasteiger partial charge in [-0.3, -0.25) is 0 Å². The highest BCUT2D eigenvalue weighted by molar-refractivity contribution is 4.64. The van der Waals surface area contributed by atoms with Crippen LogP contribution in [0.4, 0.5) is 0 Å². The third-order valence-electron chi connectivity index (χ3n) is 1.62. The second-order valence-electron chi connectivity index (χ2n) is 3.00. The number of rotatable bonds is 9. The largest absolute Gasteiger partial charge is 0.383 e. The zero-order valence-electron chi connectivity index (χ0n) is 8.71. The molecule has 0 aliphatic carbocycles. The Bertz CT molecular complexity index is 117. The molecule has 0 aliphatic heterocycles. The molecule has 0 aromatic carbocycles. The minimum absolute atomic E-state index is 0.396. The first-order valence-electron chi connectivity index (χ1n) is 4.72. The first-order chi connectivity index (χ1) is 6.31. The molecule has 0 spiro atoms. The second-order valence-corrected chi connectivity index (χ2v) is 3.00. The van der Waals surface area contributed by atoms with E-state index in [1.165, 1.54) is 0 Å². The van der Waals surface area contributed by atoms with Gasteiger partial charge in [0.15, 0.2) is 0 Å². The Morgan fingerprint density at radius 1 is 1.46 bits per heavy atom. The van der Waals surface area contributed by atoms with E-state index in [-0.39, 0.29) is 0 Å². The van der Waals surface area contributed by atoms with Crippen molar-refractivity contribution in [1.29, 1.82) is 0 Å². The molecule has 0 amide bonds. The molecule has 0 aromatic rings. The first kappa shape index (κ1) is 12.6. The van der Waals surface area contributed by atoms with Gasteiger partial charge in [0.1, 0.15) is 0 Å². The van der Waals surface area contributed by atoms with Crippen LogP contribution in [0.25, 0.3) is 0 Å². The lowest BCUT2D eigenvalue weighted by Gasteiger charge is -2.12. The molecule has 0 bridgehead atoms. The number of hydrogen-bond acceptors (Lipinski definition) is 3. The van der Waals surface area contributed by atoms with E-state index in [4.69, 9.17) is 9.47 Å². The quantitative estimate of drug-likeness (QED) is 0.434. The molecule has 0 saturated carbocycles. The van der Waals surface area contributed by atoms with Gasteiger partial charge < -0.3 is 14.8 Å². The Balaban J connectivity index is 3.01. The van der Waals surface area contributed by atoms with Gasteiger partial charge in [-0.1, -0.05) is 6.08 Å². The first-order valence-corrected chi connectivity index (χ1v) is 4.72. The molecule has 0 fully saturated rings. The van der Waals surface area contributed by atoms with Crippen LogP contribution in [0.1, 0.15) is 13.3 Å². The Morgan fingerprint density at radius 2 is 2.23 bits per heavy atom. The Kier molecular flexibility index (Phi) is 9.42. The molecular formula is C10H21NO2. The fourth-order valence-electron chi connectivity index (χ4n) is 0.955. The normalized spacial score (nSPS) is 12.8. The summed E-state index contributed by atoms with van der Waals surface area (Å²) >= 11 is 0. The maximum atomic E-state index is 5.33. The molecule has 0 radical (unpaired) electrons. The van der Waals surface area contributed by atoms with Gasteiger partial charge in [0.05, 0.1) is 19.8 Å². The van der Waals surface area contributed by atoms with E-state index >= 15 is 0 Å². The minimum Gasteiger partial charge on any atom is -0.383 e. The molecule has 0 aliphatic rings. The van der Waals surface area contributed by atoms with E-state index in [1.54, 1.807) is 7.11 Å². The molecule has 0 saturated heterocycles. The lowest BCUT2D eigenvalue weighted by atomic mass is 10.3. The van der Waals surface area contributed by atoms with Crippen LogP contribution in [-0.4, -0.2) is 39.5 Å². The Labute approximate surface area is 81.1 Å². The highest BCUT2D eigenvalue weighted by atomic mass is 16.5. The molecular weight excluding hydrogens is 166 g/mol. The van der Waals surface area contributed by atoms with Crippen LogP contribution >= 0.6 is 0 Å². The molecule has 1 unspecified atom stereocenters. The van der Waals surface area contributed by atoms with Gasteiger partial charge in [-0.05, 0) is 13.3 Å². The van der Waals surface area contributed by atoms with E-state index in [9.17, 15) is 0 Å². The molecule has 1 N–H and O–H groups in total. The van der Waals surface area contributed by atoms with Crippen molar-refractivity contribution in [3.05, 3.63) is 12.7 Å². The van der Waals surface area contributed by atoms with E-state index in [2.05, 4.69) is 18.8 Å². The van der Waals surface area contributed by atoms with Crippen molar-refractivity contribution in [3.8, 4) is 0 Å². The topological polar surface area (TPSA) is 30.5 Å². The average Bonchev–Trinajstić information content (AvgIpc) is 2.11. The maximum Gasteiger partial charge on any atom is 0.0613 e. The van der Waals surface area contributed by atoms with Crippen LogP contribution < -0.4 is 5.32 Å². The summed E-state index contributed by atoms with van der Waals surface area (Å²) in [5.41, 5.74) is 0. The van der Waals surface area contributed by atoms with Crippen molar-refractivity contribution in [3.63, 3.8) is 0 Å². The van der Waals surface area contributed by atoms with Gasteiger partial charge in [0.25, 0.3) is 0 Å². The van der Waals surface area contributed by atoms with Crippen molar-refractivity contribution >= 4 is 0 Å². The number of hydrogen-bond donors (Lipinski definition) is 1. The Morgan fingerprint density at radius 3 is 2.85 bits per heavy atom. The van der Waals surface area contributed by atoms with Crippen molar-refractivity contribution in [2.75, 3.05) is 33.5 Å². The lowest BCUT2D eigenvalue weighted by molar-refractivity contribution is 0.129. The van der Waals surface area contributed by atoms with Crippen LogP contribution in [0.5, 0.6) is 0 Å². The third kappa shape index (κ3) is 9.53. The fraction of sp³-hybridized carbons (Fsp3) is 0.800. The van der Waals surface area contributed by atoms with Crippen molar-refractivity contribution in [2.24, 2.45) is 0 Å². The predicted octanol–water partition coefficient (Wildman–Crippen LogP) is 1.20. The summed E-state index contributed by atoms with van der Waals surface area (Å²) in [5.74, 6) is 0. The van der Waals surface area contributed by atoms with Gasteiger partial charge >= 0.3 is 0 Å². The summed E-state index contributed by atoms with van der Waals surface area (Å²) in [7, 11) is 1.71. The smallest absolute Gasteiger partial charge is 0.0613 e. The molecule has 3 heteroatoms. The van der Waals surface area contributed by atoms with Crippen LogP contribution in [0.15, 0.2) is 12.7 Å². The van der Waals surface area contributed by atoms with Crippen molar-refractivity contribution < 1.29 is 9.47 Å². The van der Waals surface area contributed by atoms with Crippen molar-refractivity contribution in [2.45, 2.75) is 19.4 Å². The lowest BCUT2D eigenvalue weighted by Crippen LogP contribution is -2.32. The molecule has 78 valence electrons. The van der Waals surface area contributed by atoms with E-state index in [0.29, 0.717) is 6.04 Å². The predicted molar refractivity (Wildman–Crippen MR) is 55.0 cm³/mol. The second kappa shape index (κ2) is 9.71. The van der Waals surface area contributed by atoms with Gasteiger partial charge in [0, 0.05) is 19.7 Å².